The third kappa shape index (κ3) is 4.44. The van der Waals surface area contributed by atoms with Crippen molar-refractivity contribution in [2.24, 2.45) is 0 Å². The van der Waals surface area contributed by atoms with E-state index in [1.165, 1.54) is 16.7 Å². The van der Waals surface area contributed by atoms with Crippen molar-refractivity contribution >= 4 is 29.3 Å². The monoisotopic (exact) mass is 379 g/mol. The Kier molecular flexibility index (Phi) is 5.93. The molecular weight excluding hydrogens is 362 g/mol. The van der Waals surface area contributed by atoms with Gasteiger partial charge in [-0.15, -0.1) is 5.10 Å². The zero-order chi connectivity index (χ0) is 18.6. The highest BCUT2D eigenvalue weighted by Crippen LogP contribution is 2.31. The first-order chi connectivity index (χ1) is 11.8. The molecule has 0 aliphatic carbocycles. The summed E-state index contributed by atoms with van der Waals surface area (Å²) >= 11 is 7.21. The highest BCUT2D eigenvalue weighted by atomic mass is 35.5. The van der Waals surface area contributed by atoms with E-state index in [4.69, 9.17) is 21.6 Å². The largest absolute Gasteiger partial charge is 0.496 e. The molecule has 0 spiro atoms. The number of rotatable bonds is 6. The van der Waals surface area contributed by atoms with Gasteiger partial charge < -0.3 is 9.64 Å². The van der Waals surface area contributed by atoms with Gasteiger partial charge in [-0.05, 0) is 32.0 Å². The Hall–Kier alpha value is -2.24. The van der Waals surface area contributed by atoms with Gasteiger partial charge in [-0.25, -0.2) is 4.98 Å². The van der Waals surface area contributed by atoms with Crippen molar-refractivity contribution in [2.45, 2.75) is 24.5 Å². The Bertz CT molecular complexity index is 815. The van der Waals surface area contributed by atoms with Gasteiger partial charge in [0, 0.05) is 12.1 Å². The number of carbonyl (C=O) groups excluding carboxylic acids is 1. The summed E-state index contributed by atoms with van der Waals surface area (Å²) in [7, 11) is 3.16. The van der Waals surface area contributed by atoms with Gasteiger partial charge in [0.05, 0.1) is 24.5 Å². The Morgan fingerprint density at radius 1 is 1.52 bits per heavy atom. The lowest BCUT2D eigenvalue weighted by Crippen LogP contribution is -2.44. The Morgan fingerprint density at radius 3 is 2.88 bits per heavy atom. The first-order valence-corrected chi connectivity index (χ1v) is 8.72. The Labute approximate surface area is 155 Å². The van der Waals surface area contributed by atoms with Gasteiger partial charge in [0.25, 0.3) is 0 Å². The van der Waals surface area contributed by atoms with E-state index >= 15 is 0 Å². The molecule has 132 valence electrons. The average Bonchev–Trinajstić information content (AvgIpc) is 3.07. The number of nitrogens with zero attached hydrogens (tertiary/aromatic N) is 4. The van der Waals surface area contributed by atoms with Crippen LogP contribution < -0.4 is 4.74 Å². The number of nitriles is 1. The number of benzene rings is 1. The molecule has 1 N–H and O–H groups in total. The molecule has 2 aromatic rings. The molecule has 1 aromatic carbocycles. The number of H-pyrrole nitrogens is 1. The molecule has 1 heterocycles. The highest BCUT2D eigenvalue weighted by Gasteiger charge is 2.27. The van der Waals surface area contributed by atoms with Gasteiger partial charge in [-0.2, -0.15) is 5.26 Å². The Balaban J connectivity index is 2.09. The molecule has 0 radical (unpaired) electrons. The van der Waals surface area contributed by atoms with E-state index < -0.39 is 5.54 Å². The van der Waals surface area contributed by atoms with Crippen LogP contribution in [0.3, 0.4) is 0 Å². The molecule has 7 nitrogen and oxygen atoms in total. The first-order valence-electron chi connectivity index (χ1n) is 7.35. The molecular formula is C16H18ClN5O2S. The minimum absolute atomic E-state index is 0.131. The zero-order valence-corrected chi connectivity index (χ0v) is 15.9. The van der Waals surface area contributed by atoms with Crippen LogP contribution in [0.25, 0.3) is 11.4 Å². The molecule has 25 heavy (non-hydrogen) atoms. The standard InChI is InChI=1S/C16H18ClN5O2S/c1-16(2,9-18)22(3)13(23)8-25-15-19-14(20-21-15)11-7-10(17)5-6-12(11)24-4/h5-7H,8H2,1-4H3,(H,19,20,21). The second-order valence-corrected chi connectivity index (χ2v) is 7.10. The topological polar surface area (TPSA) is 94.9 Å². The number of ether oxygens (including phenoxy) is 1. The van der Waals surface area contributed by atoms with Gasteiger partial charge in [0.15, 0.2) is 5.82 Å². The van der Waals surface area contributed by atoms with E-state index in [-0.39, 0.29) is 11.7 Å². The summed E-state index contributed by atoms with van der Waals surface area (Å²) in [6.45, 7) is 3.37. The maximum Gasteiger partial charge on any atom is 0.234 e. The molecule has 0 bridgehead atoms. The van der Waals surface area contributed by atoms with Crippen molar-refractivity contribution in [1.82, 2.24) is 20.1 Å². The molecule has 0 aliphatic rings. The van der Waals surface area contributed by atoms with Crippen LogP contribution in [0.1, 0.15) is 13.8 Å². The van der Waals surface area contributed by atoms with Crippen molar-refractivity contribution in [3.8, 4) is 23.2 Å². The van der Waals surface area contributed by atoms with Crippen LogP contribution in [0, 0.1) is 11.3 Å². The lowest BCUT2D eigenvalue weighted by Gasteiger charge is -2.28. The van der Waals surface area contributed by atoms with Gasteiger partial charge in [-0.1, -0.05) is 23.4 Å². The van der Waals surface area contributed by atoms with Crippen LogP contribution in [0.5, 0.6) is 5.75 Å². The van der Waals surface area contributed by atoms with E-state index in [1.54, 1.807) is 46.2 Å². The fourth-order valence-electron chi connectivity index (χ4n) is 1.91. The average molecular weight is 380 g/mol. The quantitative estimate of drug-likeness (QED) is 0.775. The third-order valence-electron chi connectivity index (χ3n) is 3.69. The third-order valence-corrected chi connectivity index (χ3v) is 4.76. The summed E-state index contributed by atoms with van der Waals surface area (Å²) in [5, 5.41) is 17.0. The Morgan fingerprint density at radius 2 is 2.24 bits per heavy atom. The van der Waals surface area contributed by atoms with Crippen molar-refractivity contribution in [3.63, 3.8) is 0 Å². The van der Waals surface area contributed by atoms with Crippen LogP contribution >= 0.6 is 23.4 Å². The van der Waals surface area contributed by atoms with E-state index in [0.29, 0.717) is 27.3 Å². The summed E-state index contributed by atoms with van der Waals surface area (Å²) in [4.78, 5) is 18.0. The van der Waals surface area contributed by atoms with E-state index in [9.17, 15) is 4.79 Å². The molecule has 9 heteroatoms. The lowest BCUT2D eigenvalue weighted by molar-refractivity contribution is -0.130. The summed E-state index contributed by atoms with van der Waals surface area (Å²) in [6, 6.07) is 7.29. The van der Waals surface area contributed by atoms with Crippen LogP contribution in [0.2, 0.25) is 5.02 Å². The predicted octanol–water partition coefficient (Wildman–Crippen LogP) is 2.99. The number of aromatic amines is 1. The first kappa shape index (κ1) is 19.1. The number of methoxy groups -OCH3 is 1. The van der Waals surface area contributed by atoms with Crippen LogP contribution in [-0.4, -0.2) is 51.4 Å². The van der Waals surface area contributed by atoms with Gasteiger partial charge >= 0.3 is 0 Å². The summed E-state index contributed by atoms with van der Waals surface area (Å²) < 4.78 is 5.30. The zero-order valence-electron chi connectivity index (χ0n) is 14.3. The molecule has 0 aliphatic heterocycles. The number of hydrogen-bond donors (Lipinski definition) is 1. The molecule has 1 aromatic heterocycles. The van der Waals surface area contributed by atoms with E-state index in [0.717, 1.165) is 0 Å². The molecule has 0 fully saturated rings. The SMILES string of the molecule is COc1ccc(Cl)cc1-c1nc(SCC(=O)N(C)C(C)(C)C#N)n[nH]1. The minimum Gasteiger partial charge on any atom is -0.496 e. The summed E-state index contributed by atoms with van der Waals surface area (Å²) in [5.74, 6) is 1.07. The lowest BCUT2D eigenvalue weighted by atomic mass is 10.1. The molecule has 2 rings (SSSR count). The smallest absolute Gasteiger partial charge is 0.234 e. The maximum atomic E-state index is 12.2. The van der Waals surface area contributed by atoms with Crippen molar-refractivity contribution in [2.75, 3.05) is 19.9 Å². The molecule has 0 atom stereocenters. The van der Waals surface area contributed by atoms with E-state index in [1.807, 2.05) is 0 Å². The molecule has 0 saturated heterocycles. The molecule has 0 saturated carbocycles. The molecule has 1 amide bonds. The highest BCUT2D eigenvalue weighted by molar-refractivity contribution is 7.99. The second-order valence-electron chi connectivity index (χ2n) is 5.72. The van der Waals surface area contributed by atoms with Gasteiger partial charge in [0.2, 0.25) is 11.1 Å². The number of aromatic nitrogens is 3. The maximum absolute atomic E-state index is 12.2. The number of halogens is 1. The van der Waals surface area contributed by atoms with Crippen molar-refractivity contribution in [3.05, 3.63) is 23.2 Å². The fraction of sp³-hybridized carbons (Fsp3) is 0.375. The number of nitrogens with one attached hydrogen (secondary N) is 1. The fourth-order valence-corrected chi connectivity index (χ4v) is 2.79. The van der Waals surface area contributed by atoms with Crippen molar-refractivity contribution in [1.29, 1.82) is 5.26 Å². The van der Waals surface area contributed by atoms with Crippen LogP contribution in [0.15, 0.2) is 23.4 Å². The summed E-state index contributed by atoms with van der Waals surface area (Å²) in [5.41, 5.74) is -0.181. The van der Waals surface area contributed by atoms with Gasteiger partial charge in [0.1, 0.15) is 11.3 Å². The van der Waals surface area contributed by atoms with Crippen molar-refractivity contribution < 1.29 is 9.53 Å². The number of hydrogen-bond acceptors (Lipinski definition) is 6. The normalized spacial score (nSPS) is 11.0. The molecule has 0 unspecified atom stereocenters. The number of amides is 1. The van der Waals surface area contributed by atoms with Crippen LogP contribution in [-0.2, 0) is 4.79 Å². The van der Waals surface area contributed by atoms with Crippen LogP contribution in [0.4, 0.5) is 0 Å². The summed E-state index contributed by atoms with van der Waals surface area (Å²) in [6.07, 6.45) is 0. The minimum atomic E-state index is -0.865. The van der Waals surface area contributed by atoms with E-state index in [2.05, 4.69) is 21.3 Å². The predicted molar refractivity (Wildman–Crippen MR) is 96.6 cm³/mol. The second kappa shape index (κ2) is 7.76. The number of carbonyl (C=O) groups is 1. The number of thioether (sulfide) groups is 1. The van der Waals surface area contributed by atoms with Gasteiger partial charge in [-0.3, -0.25) is 9.89 Å².